The highest BCUT2D eigenvalue weighted by molar-refractivity contribution is 9.10. The van der Waals surface area contributed by atoms with Crippen molar-refractivity contribution in [1.29, 1.82) is 0 Å². The van der Waals surface area contributed by atoms with Crippen LogP contribution in [0.15, 0.2) is 47.2 Å². The van der Waals surface area contributed by atoms with Crippen LogP contribution in [0.25, 0.3) is 16.9 Å². The van der Waals surface area contributed by atoms with E-state index in [9.17, 15) is 0 Å². The molecular formula is C15H13BrN2O. The van der Waals surface area contributed by atoms with Crippen LogP contribution in [0.2, 0.25) is 0 Å². The maximum Gasteiger partial charge on any atom is 0.137 e. The maximum absolute atomic E-state index is 5.42. The van der Waals surface area contributed by atoms with E-state index < -0.39 is 0 Å². The van der Waals surface area contributed by atoms with Gasteiger partial charge in [0.1, 0.15) is 11.4 Å². The molecule has 0 spiro atoms. The number of nitrogens with zero attached hydrogens (tertiary/aromatic N) is 2. The van der Waals surface area contributed by atoms with Crippen molar-refractivity contribution in [3.63, 3.8) is 0 Å². The van der Waals surface area contributed by atoms with Crippen LogP contribution in [-0.2, 0) is 0 Å². The Morgan fingerprint density at radius 1 is 1.16 bits per heavy atom. The number of fused-ring (bicyclic) bond motifs is 1. The van der Waals surface area contributed by atoms with Crippen molar-refractivity contribution in [3.8, 4) is 17.0 Å². The Morgan fingerprint density at radius 2 is 2.00 bits per heavy atom. The second-order valence-electron chi connectivity index (χ2n) is 4.44. The molecule has 0 saturated heterocycles. The Morgan fingerprint density at radius 3 is 2.79 bits per heavy atom. The monoisotopic (exact) mass is 316 g/mol. The zero-order valence-electron chi connectivity index (χ0n) is 10.7. The summed E-state index contributed by atoms with van der Waals surface area (Å²) in [5.41, 5.74) is 4.04. The van der Waals surface area contributed by atoms with Gasteiger partial charge in [0.05, 0.1) is 12.8 Å². The highest BCUT2D eigenvalue weighted by Gasteiger charge is 2.10. The summed E-state index contributed by atoms with van der Waals surface area (Å²) in [6.07, 6.45) is 4.01. The smallest absolute Gasteiger partial charge is 0.137 e. The van der Waals surface area contributed by atoms with Gasteiger partial charge in [0.15, 0.2) is 0 Å². The van der Waals surface area contributed by atoms with E-state index in [0.29, 0.717) is 0 Å². The third-order valence-electron chi connectivity index (χ3n) is 3.05. The van der Waals surface area contributed by atoms with E-state index in [1.54, 1.807) is 7.11 Å². The summed E-state index contributed by atoms with van der Waals surface area (Å²) in [5.74, 6) is 0.841. The molecule has 0 bridgehead atoms. The van der Waals surface area contributed by atoms with Gasteiger partial charge in [-0.15, -0.1) is 0 Å². The van der Waals surface area contributed by atoms with Crippen molar-refractivity contribution in [2.45, 2.75) is 6.92 Å². The first-order chi connectivity index (χ1) is 9.17. The highest BCUT2D eigenvalue weighted by atomic mass is 79.9. The molecule has 0 atom stereocenters. The Kier molecular flexibility index (Phi) is 3.03. The lowest BCUT2D eigenvalue weighted by atomic mass is 10.1. The quantitative estimate of drug-likeness (QED) is 0.712. The molecular weight excluding hydrogens is 304 g/mol. The van der Waals surface area contributed by atoms with Crippen molar-refractivity contribution < 1.29 is 4.74 Å². The molecule has 0 saturated carbocycles. The van der Waals surface area contributed by atoms with Crippen LogP contribution in [0.5, 0.6) is 5.75 Å². The number of aryl methyl sites for hydroxylation is 1. The summed E-state index contributed by atoms with van der Waals surface area (Å²) in [5, 5.41) is 0. The first kappa shape index (κ1) is 12.2. The molecule has 19 heavy (non-hydrogen) atoms. The number of imidazole rings is 1. The largest absolute Gasteiger partial charge is 0.496 e. The molecule has 3 rings (SSSR count). The molecule has 0 aliphatic heterocycles. The standard InChI is InChI=1S/C15H13BrN2O/c1-10-3-5-14(19-2)12(7-10)13-9-18-8-11(16)4-6-15(18)17-13/h3-9H,1-2H3. The van der Waals surface area contributed by atoms with Gasteiger partial charge in [-0.2, -0.15) is 0 Å². The van der Waals surface area contributed by atoms with Crippen LogP contribution in [0.4, 0.5) is 0 Å². The summed E-state index contributed by atoms with van der Waals surface area (Å²) in [4.78, 5) is 4.64. The minimum absolute atomic E-state index is 0.841. The average molecular weight is 317 g/mol. The van der Waals surface area contributed by atoms with Gasteiger partial charge in [0, 0.05) is 22.4 Å². The maximum atomic E-state index is 5.42. The van der Waals surface area contributed by atoms with E-state index in [1.165, 1.54) is 5.56 Å². The lowest BCUT2D eigenvalue weighted by Crippen LogP contribution is -1.88. The Labute approximate surface area is 120 Å². The molecule has 4 heteroatoms. The SMILES string of the molecule is COc1ccc(C)cc1-c1cn2cc(Br)ccc2n1. The number of hydrogen-bond acceptors (Lipinski definition) is 2. The molecule has 0 radical (unpaired) electrons. The van der Waals surface area contributed by atoms with Gasteiger partial charge in [-0.25, -0.2) is 4.98 Å². The topological polar surface area (TPSA) is 26.5 Å². The first-order valence-electron chi connectivity index (χ1n) is 5.96. The van der Waals surface area contributed by atoms with E-state index in [1.807, 2.05) is 41.1 Å². The van der Waals surface area contributed by atoms with Gasteiger partial charge in [0.25, 0.3) is 0 Å². The number of methoxy groups -OCH3 is 1. The fraction of sp³-hybridized carbons (Fsp3) is 0.133. The van der Waals surface area contributed by atoms with Crippen molar-refractivity contribution >= 4 is 21.6 Å². The van der Waals surface area contributed by atoms with Crippen molar-refractivity contribution in [2.75, 3.05) is 7.11 Å². The van der Waals surface area contributed by atoms with Gasteiger partial charge in [0.2, 0.25) is 0 Å². The summed E-state index contributed by atoms with van der Waals surface area (Å²) >= 11 is 3.46. The van der Waals surface area contributed by atoms with Gasteiger partial charge in [-0.3, -0.25) is 0 Å². The van der Waals surface area contributed by atoms with Crippen molar-refractivity contribution in [1.82, 2.24) is 9.38 Å². The highest BCUT2D eigenvalue weighted by Crippen LogP contribution is 2.30. The second-order valence-corrected chi connectivity index (χ2v) is 5.36. The molecule has 2 aromatic heterocycles. The summed E-state index contributed by atoms with van der Waals surface area (Å²) in [6, 6.07) is 10.1. The fourth-order valence-electron chi connectivity index (χ4n) is 2.12. The van der Waals surface area contributed by atoms with Crippen LogP contribution in [0.3, 0.4) is 0 Å². The van der Waals surface area contributed by atoms with E-state index in [-0.39, 0.29) is 0 Å². The average Bonchev–Trinajstić information content (AvgIpc) is 2.81. The molecule has 96 valence electrons. The zero-order chi connectivity index (χ0) is 13.4. The Balaban J connectivity index is 2.21. The van der Waals surface area contributed by atoms with E-state index in [2.05, 4.69) is 33.9 Å². The molecule has 0 aliphatic carbocycles. The van der Waals surface area contributed by atoms with E-state index in [0.717, 1.165) is 27.1 Å². The van der Waals surface area contributed by atoms with Crippen molar-refractivity contribution in [2.24, 2.45) is 0 Å². The van der Waals surface area contributed by atoms with Crippen molar-refractivity contribution in [3.05, 3.63) is 52.8 Å². The predicted octanol–water partition coefficient (Wildman–Crippen LogP) is 4.08. The zero-order valence-corrected chi connectivity index (χ0v) is 12.3. The summed E-state index contributed by atoms with van der Waals surface area (Å²) < 4.78 is 8.45. The van der Waals surface area contributed by atoms with Crippen LogP contribution in [0, 0.1) is 6.92 Å². The third kappa shape index (κ3) is 2.24. The summed E-state index contributed by atoms with van der Waals surface area (Å²) in [7, 11) is 1.68. The molecule has 0 fully saturated rings. The second kappa shape index (κ2) is 4.70. The van der Waals surface area contributed by atoms with Gasteiger partial charge >= 0.3 is 0 Å². The van der Waals surface area contributed by atoms with Crippen LogP contribution in [-0.4, -0.2) is 16.5 Å². The number of ether oxygens (including phenoxy) is 1. The van der Waals surface area contributed by atoms with E-state index >= 15 is 0 Å². The molecule has 3 aromatic rings. The number of hydrogen-bond donors (Lipinski definition) is 0. The molecule has 0 N–H and O–H groups in total. The number of rotatable bonds is 2. The fourth-order valence-corrected chi connectivity index (χ4v) is 2.47. The number of aromatic nitrogens is 2. The third-order valence-corrected chi connectivity index (χ3v) is 3.51. The predicted molar refractivity (Wildman–Crippen MR) is 79.6 cm³/mol. The number of benzene rings is 1. The minimum Gasteiger partial charge on any atom is -0.496 e. The molecule has 0 aliphatic rings. The Hall–Kier alpha value is -1.81. The normalized spacial score (nSPS) is 10.9. The lowest BCUT2D eigenvalue weighted by Gasteiger charge is -2.06. The number of pyridine rings is 1. The van der Waals surface area contributed by atoms with Gasteiger partial charge in [-0.05, 0) is 47.1 Å². The molecule has 1 aromatic carbocycles. The summed E-state index contributed by atoms with van der Waals surface area (Å²) in [6.45, 7) is 2.06. The first-order valence-corrected chi connectivity index (χ1v) is 6.76. The van der Waals surface area contributed by atoms with Gasteiger partial charge in [-0.1, -0.05) is 11.6 Å². The molecule has 3 nitrogen and oxygen atoms in total. The van der Waals surface area contributed by atoms with Crippen LogP contribution >= 0.6 is 15.9 Å². The van der Waals surface area contributed by atoms with Gasteiger partial charge < -0.3 is 9.14 Å². The lowest BCUT2D eigenvalue weighted by molar-refractivity contribution is 0.416. The molecule has 0 amide bonds. The van der Waals surface area contributed by atoms with Crippen LogP contribution in [0.1, 0.15) is 5.56 Å². The Bertz CT molecular complexity index is 749. The number of halogens is 1. The molecule has 2 heterocycles. The van der Waals surface area contributed by atoms with E-state index in [4.69, 9.17) is 4.74 Å². The minimum atomic E-state index is 0.841. The molecule has 0 unspecified atom stereocenters. The van der Waals surface area contributed by atoms with Crippen LogP contribution < -0.4 is 4.74 Å².